The number of pyridine rings is 1. The average molecular weight is 337 g/mol. The van der Waals surface area contributed by atoms with Crippen LogP contribution in [0, 0.1) is 13.8 Å². The number of fused-ring (bicyclic) bond motifs is 3. The average Bonchev–Trinajstić information content (AvgIpc) is 3.01. The van der Waals surface area contributed by atoms with Crippen molar-refractivity contribution in [3.8, 4) is 5.69 Å². The molecule has 24 heavy (non-hydrogen) atoms. The number of thioether (sulfide) groups is 1. The van der Waals surface area contributed by atoms with Gasteiger partial charge in [-0.2, -0.15) is 9.50 Å². The predicted octanol–water partition coefficient (Wildman–Crippen LogP) is 2.77. The van der Waals surface area contributed by atoms with E-state index in [0.717, 1.165) is 11.3 Å². The molecule has 3 aromatic heterocycles. The molecule has 0 radical (unpaired) electrons. The normalized spacial score (nSPS) is 11.5. The van der Waals surface area contributed by atoms with Gasteiger partial charge in [0.05, 0.1) is 10.9 Å². The molecule has 0 amide bonds. The number of rotatable bonds is 2. The summed E-state index contributed by atoms with van der Waals surface area (Å²) in [5.41, 5.74) is 3.77. The Morgan fingerprint density at radius 2 is 1.96 bits per heavy atom. The van der Waals surface area contributed by atoms with E-state index in [-0.39, 0.29) is 5.56 Å². The van der Waals surface area contributed by atoms with E-state index in [9.17, 15) is 4.79 Å². The Morgan fingerprint density at radius 1 is 1.12 bits per heavy atom. The molecular weight excluding hydrogens is 322 g/mol. The monoisotopic (exact) mass is 337 g/mol. The van der Waals surface area contributed by atoms with Gasteiger partial charge in [0, 0.05) is 18.1 Å². The highest BCUT2D eigenvalue weighted by Gasteiger charge is 2.12. The first kappa shape index (κ1) is 14.9. The summed E-state index contributed by atoms with van der Waals surface area (Å²) in [5, 5.41) is 5.53. The van der Waals surface area contributed by atoms with Gasteiger partial charge in [-0.25, -0.2) is 4.98 Å². The molecule has 0 N–H and O–H groups in total. The van der Waals surface area contributed by atoms with E-state index < -0.39 is 0 Å². The highest BCUT2D eigenvalue weighted by molar-refractivity contribution is 7.98. The number of nitrogens with zero attached hydrogens (tertiary/aromatic N) is 5. The third kappa shape index (κ3) is 2.20. The molecule has 1 aromatic carbocycles. The van der Waals surface area contributed by atoms with E-state index in [1.54, 1.807) is 21.5 Å². The molecule has 4 aromatic rings. The van der Waals surface area contributed by atoms with Crippen molar-refractivity contribution < 1.29 is 0 Å². The molecule has 0 atom stereocenters. The van der Waals surface area contributed by atoms with Crippen molar-refractivity contribution in [1.29, 1.82) is 0 Å². The van der Waals surface area contributed by atoms with Crippen LogP contribution in [0.5, 0.6) is 0 Å². The Morgan fingerprint density at radius 3 is 2.71 bits per heavy atom. The van der Waals surface area contributed by atoms with Crippen LogP contribution in [0.2, 0.25) is 0 Å². The molecule has 0 saturated carbocycles. The fraction of sp³-hybridized carbons (Fsp3) is 0.176. The molecule has 3 heterocycles. The number of aryl methyl sites for hydroxylation is 2. The summed E-state index contributed by atoms with van der Waals surface area (Å²) >= 11 is 1.44. The molecule has 6 nitrogen and oxygen atoms in total. The Kier molecular flexibility index (Phi) is 3.38. The van der Waals surface area contributed by atoms with Crippen LogP contribution < -0.4 is 5.56 Å². The van der Waals surface area contributed by atoms with Gasteiger partial charge in [-0.3, -0.25) is 9.36 Å². The molecule has 0 aliphatic rings. The van der Waals surface area contributed by atoms with Gasteiger partial charge in [-0.05, 0) is 49.4 Å². The van der Waals surface area contributed by atoms with E-state index in [1.165, 1.54) is 17.3 Å². The first-order valence-electron chi connectivity index (χ1n) is 7.47. The molecule has 7 heteroatoms. The third-order valence-electron chi connectivity index (χ3n) is 4.17. The Bertz CT molecular complexity index is 1150. The van der Waals surface area contributed by atoms with Crippen LogP contribution in [-0.2, 0) is 0 Å². The first-order chi connectivity index (χ1) is 11.6. The van der Waals surface area contributed by atoms with Crippen molar-refractivity contribution >= 4 is 28.4 Å². The van der Waals surface area contributed by atoms with Gasteiger partial charge < -0.3 is 0 Å². The minimum Gasteiger partial charge on any atom is -0.284 e. The zero-order chi connectivity index (χ0) is 16.8. The van der Waals surface area contributed by atoms with Crippen molar-refractivity contribution in [2.75, 3.05) is 6.26 Å². The topological polar surface area (TPSA) is 65.1 Å². The summed E-state index contributed by atoms with van der Waals surface area (Å²) < 4.78 is 3.25. The molecule has 0 aliphatic heterocycles. The molecule has 0 bridgehead atoms. The van der Waals surface area contributed by atoms with Gasteiger partial charge in [0.1, 0.15) is 0 Å². The molecule has 4 rings (SSSR count). The van der Waals surface area contributed by atoms with Crippen molar-refractivity contribution in [1.82, 2.24) is 24.1 Å². The standard InChI is InChI=1S/C17H15N5OS/c1-10-4-5-12(8-11(10)2)21-7-6-14-13(15(21)23)9-18-16-19-17(24-3)20-22(14)16/h4-9H,1-3H3. The Hall–Kier alpha value is -2.67. The quantitative estimate of drug-likeness (QED) is 0.526. The SMILES string of the molecule is CSc1nc2ncc3c(=O)n(-c4ccc(C)c(C)c4)ccc3n2n1. The van der Waals surface area contributed by atoms with E-state index in [4.69, 9.17) is 0 Å². The second-order valence-electron chi connectivity index (χ2n) is 5.63. The molecule has 120 valence electrons. The van der Waals surface area contributed by atoms with Crippen molar-refractivity contribution in [3.63, 3.8) is 0 Å². The summed E-state index contributed by atoms with van der Waals surface area (Å²) in [6.07, 6.45) is 5.25. The van der Waals surface area contributed by atoms with Gasteiger partial charge in [0.15, 0.2) is 0 Å². The second-order valence-corrected chi connectivity index (χ2v) is 6.40. The Balaban J connectivity index is 1.99. The zero-order valence-corrected chi connectivity index (χ0v) is 14.3. The minimum absolute atomic E-state index is 0.119. The van der Waals surface area contributed by atoms with Gasteiger partial charge in [0.2, 0.25) is 5.16 Å². The molecular formula is C17H15N5OS. The zero-order valence-electron chi connectivity index (χ0n) is 13.5. The van der Waals surface area contributed by atoms with Gasteiger partial charge in [0.25, 0.3) is 11.3 Å². The minimum atomic E-state index is -0.119. The highest BCUT2D eigenvalue weighted by Crippen LogP contribution is 2.17. The van der Waals surface area contributed by atoms with Crippen LogP contribution in [0.25, 0.3) is 22.4 Å². The van der Waals surface area contributed by atoms with E-state index in [1.807, 2.05) is 37.4 Å². The number of hydrogen-bond acceptors (Lipinski definition) is 5. The van der Waals surface area contributed by atoms with Crippen molar-refractivity contribution in [2.24, 2.45) is 0 Å². The predicted molar refractivity (Wildman–Crippen MR) is 95.1 cm³/mol. The smallest absolute Gasteiger partial charge is 0.266 e. The number of aromatic nitrogens is 5. The molecule has 0 fully saturated rings. The van der Waals surface area contributed by atoms with E-state index in [2.05, 4.69) is 22.0 Å². The summed E-state index contributed by atoms with van der Waals surface area (Å²) in [4.78, 5) is 21.5. The molecule has 0 aliphatic carbocycles. The van der Waals surface area contributed by atoms with Crippen LogP contribution in [0.3, 0.4) is 0 Å². The summed E-state index contributed by atoms with van der Waals surface area (Å²) in [6.45, 7) is 4.09. The maximum absolute atomic E-state index is 12.9. The van der Waals surface area contributed by atoms with Gasteiger partial charge >= 0.3 is 0 Å². The maximum atomic E-state index is 12.9. The lowest BCUT2D eigenvalue weighted by Gasteiger charge is -2.09. The lowest BCUT2D eigenvalue weighted by atomic mass is 10.1. The summed E-state index contributed by atoms with van der Waals surface area (Å²) in [5.74, 6) is 0.496. The van der Waals surface area contributed by atoms with E-state index in [0.29, 0.717) is 21.8 Å². The fourth-order valence-electron chi connectivity index (χ4n) is 2.67. The summed E-state index contributed by atoms with van der Waals surface area (Å²) in [6, 6.07) is 7.85. The van der Waals surface area contributed by atoms with E-state index >= 15 is 0 Å². The number of hydrogen-bond donors (Lipinski definition) is 0. The van der Waals surface area contributed by atoms with Crippen LogP contribution in [0.1, 0.15) is 11.1 Å². The maximum Gasteiger partial charge on any atom is 0.266 e. The Labute approximate surface area is 142 Å². The molecule has 0 saturated heterocycles. The second kappa shape index (κ2) is 5.45. The largest absolute Gasteiger partial charge is 0.284 e. The lowest BCUT2D eigenvalue weighted by Crippen LogP contribution is -2.19. The van der Waals surface area contributed by atoms with Crippen LogP contribution in [0.4, 0.5) is 0 Å². The summed E-state index contributed by atoms with van der Waals surface area (Å²) in [7, 11) is 0. The fourth-order valence-corrected chi connectivity index (χ4v) is 3.00. The number of benzene rings is 1. The molecule has 0 unspecified atom stereocenters. The first-order valence-corrected chi connectivity index (χ1v) is 8.70. The highest BCUT2D eigenvalue weighted by atomic mass is 32.2. The van der Waals surface area contributed by atoms with Crippen LogP contribution >= 0.6 is 11.8 Å². The van der Waals surface area contributed by atoms with Crippen LogP contribution in [0.15, 0.2) is 46.6 Å². The van der Waals surface area contributed by atoms with Gasteiger partial charge in [-0.1, -0.05) is 17.8 Å². The van der Waals surface area contributed by atoms with Gasteiger partial charge in [-0.15, -0.1) is 5.10 Å². The lowest BCUT2D eigenvalue weighted by molar-refractivity contribution is 0.904. The van der Waals surface area contributed by atoms with Crippen molar-refractivity contribution in [2.45, 2.75) is 19.0 Å². The third-order valence-corrected chi connectivity index (χ3v) is 4.70. The van der Waals surface area contributed by atoms with Crippen LogP contribution in [-0.4, -0.2) is 30.4 Å². The molecule has 0 spiro atoms. The van der Waals surface area contributed by atoms with Crippen molar-refractivity contribution in [3.05, 3.63) is 58.1 Å².